The van der Waals surface area contributed by atoms with Crippen molar-refractivity contribution in [3.05, 3.63) is 36.7 Å². The number of para-hydroxylation sites is 1. The van der Waals surface area contributed by atoms with Gasteiger partial charge in [-0.1, -0.05) is 53.0 Å². The normalized spacial score (nSPS) is 13.2. The maximum absolute atomic E-state index is 11.3. The fourth-order valence-corrected chi connectivity index (χ4v) is 5.87. The zero-order valence-electron chi connectivity index (χ0n) is 17.6. The summed E-state index contributed by atoms with van der Waals surface area (Å²) < 4.78 is 36.0. The van der Waals surface area contributed by atoms with E-state index in [9.17, 15) is 9.67 Å². The average Bonchev–Trinajstić information content (AvgIpc) is 3.21. The summed E-state index contributed by atoms with van der Waals surface area (Å²) >= 11 is 21.1. The highest BCUT2D eigenvalue weighted by molar-refractivity contribution is 8.07. The van der Waals surface area contributed by atoms with E-state index in [-0.39, 0.29) is 6.01 Å². The molecule has 1 N–H and O–H groups in total. The molecule has 1 aromatic heterocycles. The van der Waals surface area contributed by atoms with Crippen LogP contribution in [0.3, 0.4) is 0 Å². The van der Waals surface area contributed by atoms with Gasteiger partial charge < -0.3 is 18.7 Å². The number of nitrogens with zero attached hydrogens (tertiary/aromatic N) is 3. The average molecular weight is 571 g/mol. The van der Waals surface area contributed by atoms with E-state index in [1.807, 2.05) is 44.2 Å². The summed E-state index contributed by atoms with van der Waals surface area (Å²) in [5.74, 6) is -1.80. The Balaban J connectivity index is 0.000000368. The zero-order valence-corrected chi connectivity index (χ0v) is 22.5. The van der Waals surface area contributed by atoms with Gasteiger partial charge in [0.05, 0.1) is 18.9 Å². The molecule has 0 saturated heterocycles. The molecule has 0 aliphatic heterocycles. The van der Waals surface area contributed by atoms with Gasteiger partial charge in [-0.15, -0.1) is 5.10 Å². The van der Waals surface area contributed by atoms with Crippen LogP contribution < -0.4 is 4.52 Å². The van der Waals surface area contributed by atoms with Crippen LogP contribution in [0.25, 0.3) is 5.69 Å². The Morgan fingerprint density at radius 1 is 1.12 bits per heavy atom. The van der Waals surface area contributed by atoms with Crippen molar-refractivity contribution in [3.8, 4) is 11.7 Å². The second-order valence-electron chi connectivity index (χ2n) is 5.50. The van der Waals surface area contributed by atoms with Crippen LogP contribution >= 0.6 is 49.1 Å². The molecule has 2 aromatic rings. The molecule has 0 amide bonds. The Labute approximate surface area is 206 Å². The molecule has 10 nitrogen and oxygen atoms in total. The van der Waals surface area contributed by atoms with Gasteiger partial charge in [0.15, 0.2) is 0 Å². The third kappa shape index (κ3) is 9.16. The molecule has 0 fully saturated rings. The standard InChI is InChI=1S/C12H16N3O3PS.C4H8Cl3O4P/c1-3-16-19(20,17-4-2)18-12-13-10-15(14-12)11-8-6-5-7-9-11;1-10-12(9,11-2)3(8)4(5,6)7/h5-10H,3-4H2,1-2H3;3,8H,1-2H3. The second kappa shape index (κ2) is 13.6. The summed E-state index contributed by atoms with van der Waals surface area (Å²) in [5, 5.41) is 13.4. The molecule has 0 aliphatic rings. The molecule has 1 unspecified atom stereocenters. The summed E-state index contributed by atoms with van der Waals surface area (Å²) in [6.45, 7) is 1.67. The quantitative estimate of drug-likeness (QED) is 0.305. The van der Waals surface area contributed by atoms with Crippen molar-refractivity contribution in [2.75, 3.05) is 27.4 Å². The number of aliphatic hydroxyl groups excluding tert-OH is 1. The lowest BCUT2D eigenvalue weighted by molar-refractivity contribution is 0.176. The minimum Gasteiger partial charge on any atom is -0.388 e. The Morgan fingerprint density at radius 3 is 2.06 bits per heavy atom. The maximum atomic E-state index is 11.3. The molecule has 0 saturated carbocycles. The number of hydrogen-bond donors (Lipinski definition) is 1. The number of aromatic nitrogens is 3. The van der Waals surface area contributed by atoms with Crippen LogP contribution in [0, 0.1) is 0 Å². The van der Waals surface area contributed by atoms with Gasteiger partial charge in [-0.05, 0) is 26.0 Å². The van der Waals surface area contributed by atoms with Gasteiger partial charge in [-0.25, -0.2) is 4.68 Å². The number of halogens is 3. The molecular formula is C16H24Cl3N3O7P2S. The van der Waals surface area contributed by atoms with Crippen LogP contribution in [-0.2, 0) is 34.5 Å². The topological polar surface area (TPSA) is 114 Å². The fraction of sp³-hybridized carbons (Fsp3) is 0.500. The minimum absolute atomic E-state index is 0.152. The van der Waals surface area contributed by atoms with Gasteiger partial charge in [0, 0.05) is 26.0 Å². The van der Waals surface area contributed by atoms with Crippen LogP contribution in [0.5, 0.6) is 6.01 Å². The van der Waals surface area contributed by atoms with Crippen molar-refractivity contribution < 1.29 is 32.3 Å². The molecule has 1 aromatic carbocycles. The van der Waals surface area contributed by atoms with E-state index >= 15 is 0 Å². The van der Waals surface area contributed by atoms with Gasteiger partial charge in [0.25, 0.3) is 0 Å². The van der Waals surface area contributed by atoms with Gasteiger partial charge in [-0.3, -0.25) is 13.6 Å². The molecule has 0 bridgehead atoms. The summed E-state index contributed by atoms with van der Waals surface area (Å²) in [6, 6.07) is 9.75. The number of aliphatic hydroxyl groups is 1. The smallest absolute Gasteiger partial charge is 0.382 e. The lowest BCUT2D eigenvalue weighted by Gasteiger charge is -2.24. The predicted octanol–water partition coefficient (Wildman–Crippen LogP) is 5.10. The highest BCUT2D eigenvalue weighted by Gasteiger charge is 2.46. The summed E-state index contributed by atoms with van der Waals surface area (Å²) in [7, 11) is -1.56. The Morgan fingerprint density at radius 2 is 1.66 bits per heavy atom. The Bertz CT molecular complexity index is 900. The van der Waals surface area contributed by atoms with Crippen molar-refractivity contribution in [2.24, 2.45) is 0 Å². The molecule has 0 spiro atoms. The molecule has 182 valence electrons. The fourth-order valence-electron chi connectivity index (χ4n) is 1.95. The van der Waals surface area contributed by atoms with Gasteiger partial charge in [0.1, 0.15) is 6.33 Å². The van der Waals surface area contributed by atoms with Crippen LogP contribution in [0.15, 0.2) is 36.7 Å². The number of benzene rings is 1. The summed E-state index contributed by atoms with van der Waals surface area (Å²) in [5.41, 5.74) is 0.885. The van der Waals surface area contributed by atoms with Crippen LogP contribution in [0.1, 0.15) is 13.8 Å². The second-order valence-corrected chi connectivity index (χ2v) is 13.1. The third-order valence-electron chi connectivity index (χ3n) is 3.36. The number of alkyl halides is 3. The minimum atomic E-state index is -3.73. The van der Waals surface area contributed by atoms with E-state index in [1.165, 1.54) is 0 Å². The molecule has 32 heavy (non-hydrogen) atoms. The monoisotopic (exact) mass is 569 g/mol. The third-order valence-corrected chi connectivity index (χ3v) is 8.83. The first-order valence-corrected chi connectivity index (χ1v) is 14.3. The van der Waals surface area contributed by atoms with Crippen LogP contribution in [-0.4, -0.2) is 56.9 Å². The van der Waals surface area contributed by atoms with Crippen molar-refractivity contribution in [2.45, 2.75) is 23.5 Å². The Kier molecular flexibility index (Phi) is 12.6. The van der Waals surface area contributed by atoms with E-state index in [4.69, 9.17) is 60.2 Å². The lowest BCUT2D eigenvalue weighted by Crippen LogP contribution is -2.26. The van der Waals surface area contributed by atoms with Crippen molar-refractivity contribution in [1.82, 2.24) is 14.8 Å². The maximum Gasteiger partial charge on any atom is 0.382 e. The molecule has 0 aliphatic carbocycles. The largest absolute Gasteiger partial charge is 0.388 e. The van der Waals surface area contributed by atoms with Crippen molar-refractivity contribution in [3.63, 3.8) is 0 Å². The van der Waals surface area contributed by atoms with E-state index in [1.54, 1.807) is 11.0 Å². The Hall–Kier alpha value is -0.290. The number of rotatable bonds is 10. The van der Waals surface area contributed by atoms with Gasteiger partial charge in [0.2, 0.25) is 9.64 Å². The molecular weight excluding hydrogens is 547 g/mol. The van der Waals surface area contributed by atoms with Gasteiger partial charge in [-0.2, -0.15) is 4.98 Å². The van der Waals surface area contributed by atoms with Gasteiger partial charge >= 0.3 is 20.3 Å². The molecule has 1 heterocycles. The summed E-state index contributed by atoms with van der Waals surface area (Å²) in [6.07, 6.45) is 1.56. The lowest BCUT2D eigenvalue weighted by atomic mass is 10.3. The molecule has 16 heteroatoms. The van der Waals surface area contributed by atoms with E-state index in [2.05, 4.69) is 19.1 Å². The zero-order chi connectivity index (χ0) is 24.4. The first-order chi connectivity index (χ1) is 14.9. The highest BCUT2D eigenvalue weighted by atomic mass is 35.6. The molecule has 1 atom stereocenters. The van der Waals surface area contributed by atoms with E-state index < -0.39 is 24.0 Å². The van der Waals surface area contributed by atoms with Crippen molar-refractivity contribution >= 4 is 60.9 Å². The predicted molar refractivity (Wildman–Crippen MR) is 127 cm³/mol. The first-order valence-electron chi connectivity index (χ1n) is 8.96. The van der Waals surface area contributed by atoms with E-state index in [0.29, 0.717) is 13.2 Å². The first kappa shape index (κ1) is 29.7. The van der Waals surface area contributed by atoms with Crippen molar-refractivity contribution in [1.29, 1.82) is 0 Å². The highest BCUT2D eigenvalue weighted by Crippen LogP contribution is 2.57. The van der Waals surface area contributed by atoms with Crippen LogP contribution in [0.4, 0.5) is 0 Å². The summed E-state index contributed by atoms with van der Waals surface area (Å²) in [4.78, 5) is 4.07. The molecule has 2 rings (SSSR count). The number of hydrogen-bond acceptors (Lipinski definition) is 10. The van der Waals surface area contributed by atoms with E-state index in [0.717, 1.165) is 19.9 Å². The SMILES string of the molecule is CCOP(=S)(OCC)Oc1ncn(-c2ccccc2)n1.COP(=O)(OC)C(O)C(Cl)(Cl)Cl. The molecule has 0 radical (unpaired) electrons. The van der Waals surface area contributed by atoms with Crippen LogP contribution in [0.2, 0.25) is 0 Å².